The molecular weight excluding hydrogens is 448 g/mol. The lowest BCUT2D eigenvalue weighted by Crippen LogP contribution is -2.45. The molecule has 1 atom stereocenters. The molecule has 176 valence electrons. The van der Waals surface area contributed by atoms with Crippen LogP contribution in [0.4, 0.5) is 0 Å². The molecule has 0 saturated carbocycles. The molecule has 2 N–H and O–H groups in total. The van der Waals surface area contributed by atoms with Gasteiger partial charge >= 0.3 is 0 Å². The monoisotopic (exact) mass is 474 g/mol. The van der Waals surface area contributed by atoms with Crippen LogP contribution >= 0.6 is 0 Å². The minimum Gasteiger partial charge on any atom is -0.497 e. The molecule has 0 radical (unpaired) electrons. The van der Waals surface area contributed by atoms with Crippen molar-refractivity contribution >= 4 is 15.9 Å². The minimum atomic E-state index is -3.87. The molecule has 33 heavy (non-hydrogen) atoms. The van der Waals surface area contributed by atoms with E-state index in [0.717, 1.165) is 5.56 Å². The van der Waals surface area contributed by atoms with Crippen LogP contribution in [0, 0.1) is 5.92 Å². The van der Waals surface area contributed by atoms with Crippen LogP contribution in [0.25, 0.3) is 11.5 Å². The van der Waals surface area contributed by atoms with Crippen molar-refractivity contribution in [3.05, 3.63) is 48.2 Å². The van der Waals surface area contributed by atoms with Gasteiger partial charge < -0.3 is 19.2 Å². The van der Waals surface area contributed by atoms with Crippen LogP contribution in [0.5, 0.6) is 11.5 Å². The first-order chi connectivity index (χ1) is 15.9. The third kappa shape index (κ3) is 4.88. The Morgan fingerprint density at radius 3 is 2.82 bits per heavy atom. The lowest BCUT2D eigenvalue weighted by molar-refractivity contribution is -0.126. The number of H-pyrrole nitrogens is 1. The number of hydrogen-bond donors (Lipinski definition) is 2. The van der Waals surface area contributed by atoms with E-state index in [2.05, 4.69) is 15.5 Å². The smallest absolute Gasteiger partial charge is 0.276 e. The molecule has 11 heteroatoms. The van der Waals surface area contributed by atoms with Crippen LogP contribution in [-0.2, 0) is 21.4 Å². The predicted molar refractivity (Wildman–Crippen MR) is 119 cm³/mol. The largest absolute Gasteiger partial charge is 0.497 e. The van der Waals surface area contributed by atoms with Crippen molar-refractivity contribution in [2.45, 2.75) is 24.5 Å². The second-order valence-corrected chi connectivity index (χ2v) is 9.56. The first kappa shape index (κ1) is 22.9. The minimum absolute atomic E-state index is 0.0868. The molecule has 0 aliphatic carbocycles. The number of aromatic amines is 1. The van der Waals surface area contributed by atoms with E-state index in [0.29, 0.717) is 42.3 Å². The van der Waals surface area contributed by atoms with Crippen LogP contribution in [-0.4, -0.2) is 56.1 Å². The van der Waals surface area contributed by atoms with Gasteiger partial charge in [0, 0.05) is 31.4 Å². The second kappa shape index (κ2) is 9.67. The molecule has 10 nitrogen and oxygen atoms in total. The van der Waals surface area contributed by atoms with Crippen LogP contribution in [0.3, 0.4) is 0 Å². The fourth-order valence-corrected chi connectivity index (χ4v) is 5.28. The number of piperidine rings is 1. The third-order valence-corrected chi connectivity index (χ3v) is 7.38. The first-order valence-corrected chi connectivity index (χ1v) is 11.9. The number of carbonyl (C=O) groups excluding carboxylic acids is 1. The standard InChI is InChI=1S/C22H26N4O6S/c1-30-17-5-6-19(31-2)16(12-17)13-23-22(27)15-4-3-11-26(14-15)33(28,29)21-8-7-20(32-21)18-9-10-24-25-18/h5-10,12,15H,3-4,11,13-14H2,1-2H3,(H,23,27)(H,24,25)/t15-/m1/s1. The first-order valence-electron chi connectivity index (χ1n) is 10.5. The van der Waals surface area contributed by atoms with Crippen LogP contribution in [0.15, 0.2) is 52.1 Å². The van der Waals surface area contributed by atoms with Crippen molar-refractivity contribution < 1.29 is 27.1 Å². The van der Waals surface area contributed by atoms with Gasteiger partial charge in [0.2, 0.25) is 11.0 Å². The number of nitrogens with zero attached hydrogens (tertiary/aromatic N) is 2. The number of hydrogen-bond acceptors (Lipinski definition) is 7. The average molecular weight is 475 g/mol. The van der Waals surface area contributed by atoms with E-state index in [1.165, 1.54) is 10.4 Å². The number of nitrogens with one attached hydrogen (secondary N) is 2. The van der Waals surface area contributed by atoms with Gasteiger partial charge in [-0.15, -0.1) is 0 Å². The van der Waals surface area contributed by atoms with Gasteiger partial charge in [0.25, 0.3) is 10.0 Å². The molecule has 4 rings (SSSR count). The summed E-state index contributed by atoms with van der Waals surface area (Å²) in [5.74, 6) is 0.993. The van der Waals surface area contributed by atoms with E-state index < -0.39 is 15.9 Å². The van der Waals surface area contributed by atoms with Crippen molar-refractivity contribution in [2.24, 2.45) is 5.92 Å². The SMILES string of the molecule is COc1ccc(OC)c(CNC(=O)[C@@H]2CCCN(S(=O)(=O)c3ccc(-c4ccn[nH]4)o3)C2)c1. The number of amides is 1. The van der Waals surface area contributed by atoms with Gasteiger partial charge in [0.05, 0.1) is 20.1 Å². The number of carbonyl (C=O) groups is 1. The number of sulfonamides is 1. The van der Waals surface area contributed by atoms with Gasteiger partial charge in [-0.25, -0.2) is 8.42 Å². The topological polar surface area (TPSA) is 127 Å². The molecule has 1 amide bonds. The zero-order valence-corrected chi connectivity index (χ0v) is 19.2. The summed E-state index contributed by atoms with van der Waals surface area (Å²) in [4.78, 5) is 12.9. The molecule has 1 aromatic carbocycles. The molecule has 1 aliphatic rings. The van der Waals surface area contributed by atoms with Crippen molar-refractivity contribution in [3.63, 3.8) is 0 Å². The maximum absolute atomic E-state index is 13.1. The van der Waals surface area contributed by atoms with Gasteiger partial charge in [0.15, 0.2) is 5.76 Å². The quantitative estimate of drug-likeness (QED) is 0.513. The van der Waals surface area contributed by atoms with Gasteiger partial charge in [-0.1, -0.05) is 0 Å². The number of rotatable bonds is 8. The Bertz CT molecular complexity index is 1210. The zero-order chi connectivity index (χ0) is 23.4. The molecule has 0 bridgehead atoms. The predicted octanol–water partition coefficient (Wildman–Crippen LogP) is 2.40. The Balaban J connectivity index is 1.42. The Labute approximate surface area is 191 Å². The van der Waals surface area contributed by atoms with Crippen molar-refractivity contribution in [1.29, 1.82) is 0 Å². The number of benzene rings is 1. The van der Waals surface area contributed by atoms with Crippen LogP contribution < -0.4 is 14.8 Å². The Kier molecular flexibility index (Phi) is 6.70. The Hall–Kier alpha value is -3.31. The summed E-state index contributed by atoms with van der Waals surface area (Å²) in [7, 11) is -0.743. The highest BCUT2D eigenvalue weighted by molar-refractivity contribution is 7.89. The highest BCUT2D eigenvalue weighted by atomic mass is 32.2. The fraction of sp³-hybridized carbons (Fsp3) is 0.364. The molecular formula is C22H26N4O6S. The van der Waals surface area contributed by atoms with E-state index in [1.807, 2.05) is 0 Å². The summed E-state index contributed by atoms with van der Waals surface area (Å²) in [6, 6.07) is 10.0. The molecule has 0 spiro atoms. The molecule has 0 unspecified atom stereocenters. The zero-order valence-electron chi connectivity index (χ0n) is 18.4. The normalized spacial score (nSPS) is 17.0. The van der Waals surface area contributed by atoms with E-state index in [-0.39, 0.29) is 24.1 Å². The maximum atomic E-state index is 13.1. The summed E-state index contributed by atoms with van der Waals surface area (Å²) in [6.45, 7) is 0.660. The van der Waals surface area contributed by atoms with Gasteiger partial charge in [-0.05, 0) is 49.2 Å². The fourth-order valence-electron chi connectivity index (χ4n) is 3.85. The highest BCUT2D eigenvalue weighted by Crippen LogP contribution is 2.28. The molecule has 1 aliphatic heterocycles. The number of aromatic nitrogens is 2. The molecule has 3 heterocycles. The summed E-state index contributed by atoms with van der Waals surface area (Å²) in [5.41, 5.74) is 1.35. The summed E-state index contributed by atoms with van der Waals surface area (Å²) in [5, 5.41) is 9.33. The lowest BCUT2D eigenvalue weighted by atomic mass is 9.98. The van der Waals surface area contributed by atoms with E-state index in [4.69, 9.17) is 13.9 Å². The number of furan rings is 1. The molecule has 1 saturated heterocycles. The Morgan fingerprint density at radius 2 is 2.09 bits per heavy atom. The van der Waals surface area contributed by atoms with Crippen molar-refractivity contribution in [1.82, 2.24) is 19.8 Å². The summed E-state index contributed by atoms with van der Waals surface area (Å²) >= 11 is 0. The second-order valence-electron chi connectivity index (χ2n) is 7.69. The van der Waals surface area contributed by atoms with E-state index in [1.54, 1.807) is 50.7 Å². The summed E-state index contributed by atoms with van der Waals surface area (Å²) < 4.78 is 43.7. The maximum Gasteiger partial charge on any atom is 0.276 e. The highest BCUT2D eigenvalue weighted by Gasteiger charge is 2.35. The third-order valence-electron chi connectivity index (χ3n) is 5.64. The molecule has 3 aromatic rings. The van der Waals surface area contributed by atoms with Gasteiger partial charge in [-0.2, -0.15) is 9.40 Å². The van der Waals surface area contributed by atoms with E-state index >= 15 is 0 Å². The summed E-state index contributed by atoms with van der Waals surface area (Å²) in [6.07, 6.45) is 2.74. The number of ether oxygens (including phenoxy) is 2. The van der Waals surface area contributed by atoms with Crippen LogP contribution in [0.1, 0.15) is 18.4 Å². The van der Waals surface area contributed by atoms with Crippen LogP contribution in [0.2, 0.25) is 0 Å². The van der Waals surface area contributed by atoms with Crippen molar-refractivity contribution in [3.8, 4) is 23.0 Å². The van der Waals surface area contributed by atoms with Crippen molar-refractivity contribution in [2.75, 3.05) is 27.3 Å². The molecule has 1 fully saturated rings. The Morgan fingerprint density at radius 1 is 1.24 bits per heavy atom. The van der Waals surface area contributed by atoms with Gasteiger partial charge in [0.1, 0.15) is 17.2 Å². The van der Waals surface area contributed by atoms with E-state index in [9.17, 15) is 13.2 Å². The van der Waals surface area contributed by atoms with Gasteiger partial charge in [-0.3, -0.25) is 9.89 Å². The number of methoxy groups -OCH3 is 2. The average Bonchev–Trinajstić information content (AvgIpc) is 3.55. The molecule has 2 aromatic heterocycles. The lowest BCUT2D eigenvalue weighted by Gasteiger charge is -2.30.